The predicted octanol–water partition coefficient (Wildman–Crippen LogP) is 2.57. The lowest BCUT2D eigenvalue weighted by molar-refractivity contribution is 0.0258. The maximum absolute atomic E-state index is 12.3. The normalized spacial score (nSPS) is 14.3. The minimum Gasteiger partial charge on any atom is -0.444 e. The maximum atomic E-state index is 12.3. The summed E-state index contributed by atoms with van der Waals surface area (Å²) in [4.78, 5) is 25.7. The Morgan fingerprint density at radius 2 is 1.78 bits per heavy atom. The third kappa shape index (κ3) is 4.48. The highest BCUT2D eigenvalue weighted by Crippen LogP contribution is 2.19. The molecule has 0 bridgehead atoms. The van der Waals surface area contributed by atoms with Crippen molar-refractivity contribution < 1.29 is 14.3 Å². The van der Waals surface area contributed by atoms with E-state index in [1.54, 1.807) is 24.1 Å². The van der Waals surface area contributed by atoms with Crippen molar-refractivity contribution in [3.8, 4) is 5.69 Å². The Balaban J connectivity index is 1.70. The van der Waals surface area contributed by atoms with Crippen molar-refractivity contribution in [1.29, 1.82) is 0 Å². The first-order valence-corrected chi connectivity index (χ1v) is 9.15. The molecule has 27 heavy (non-hydrogen) atoms. The molecule has 0 saturated carbocycles. The average Bonchev–Trinajstić information content (AvgIpc) is 2.92. The zero-order chi connectivity index (χ0) is 19.6. The standard InChI is InChI=1S/C20H26N4O3/c1-20(2,3)27-19(26)23-11-9-15-13-24(22-17(15)10-12-23)16-7-5-14(6-8-16)18(25)21-4/h5-8,13H,9-12H2,1-4H3,(H,21,25). The van der Waals surface area contributed by atoms with Gasteiger partial charge in [-0.15, -0.1) is 0 Å². The van der Waals surface area contributed by atoms with Crippen LogP contribution in [0.3, 0.4) is 0 Å². The van der Waals surface area contributed by atoms with Crippen molar-refractivity contribution in [2.75, 3.05) is 20.1 Å². The van der Waals surface area contributed by atoms with E-state index in [1.165, 1.54) is 0 Å². The molecule has 7 heteroatoms. The number of benzene rings is 1. The smallest absolute Gasteiger partial charge is 0.410 e. The lowest BCUT2D eigenvalue weighted by Crippen LogP contribution is -2.38. The number of amides is 2. The number of hydrogen-bond donors (Lipinski definition) is 1. The van der Waals surface area contributed by atoms with Crippen LogP contribution in [0.1, 0.15) is 42.4 Å². The third-order valence-corrected chi connectivity index (χ3v) is 4.42. The fourth-order valence-electron chi connectivity index (χ4n) is 3.02. The summed E-state index contributed by atoms with van der Waals surface area (Å²) in [5, 5.41) is 7.29. The number of fused-ring (bicyclic) bond motifs is 1. The van der Waals surface area contributed by atoms with E-state index in [0.29, 0.717) is 25.1 Å². The number of hydrogen-bond acceptors (Lipinski definition) is 4. The number of nitrogens with one attached hydrogen (secondary N) is 1. The molecule has 3 rings (SSSR count). The van der Waals surface area contributed by atoms with Crippen LogP contribution in [0, 0.1) is 0 Å². The van der Waals surface area contributed by atoms with Crippen molar-refractivity contribution in [2.24, 2.45) is 0 Å². The molecule has 7 nitrogen and oxygen atoms in total. The van der Waals surface area contributed by atoms with Gasteiger partial charge in [-0.05, 0) is 57.0 Å². The van der Waals surface area contributed by atoms with Crippen LogP contribution >= 0.6 is 0 Å². The fourth-order valence-corrected chi connectivity index (χ4v) is 3.02. The second kappa shape index (κ2) is 7.42. The largest absolute Gasteiger partial charge is 0.444 e. The molecule has 0 saturated heterocycles. The molecule has 1 aromatic heterocycles. The van der Waals surface area contributed by atoms with Gasteiger partial charge in [0.05, 0.1) is 11.4 Å². The first kappa shape index (κ1) is 18.9. The van der Waals surface area contributed by atoms with Crippen LogP contribution in [0.5, 0.6) is 0 Å². The van der Waals surface area contributed by atoms with Gasteiger partial charge in [0.15, 0.2) is 0 Å². The zero-order valence-electron chi connectivity index (χ0n) is 16.3. The predicted molar refractivity (Wildman–Crippen MR) is 102 cm³/mol. The highest BCUT2D eigenvalue weighted by molar-refractivity contribution is 5.94. The quantitative estimate of drug-likeness (QED) is 0.881. The molecular weight excluding hydrogens is 344 g/mol. The molecule has 2 amide bonds. The fraction of sp³-hybridized carbons (Fsp3) is 0.450. The van der Waals surface area contributed by atoms with Gasteiger partial charge in [0.1, 0.15) is 5.60 Å². The summed E-state index contributed by atoms with van der Waals surface area (Å²) >= 11 is 0. The molecular formula is C20H26N4O3. The number of carbonyl (C=O) groups excluding carboxylic acids is 2. The van der Waals surface area contributed by atoms with Gasteiger partial charge in [0, 0.05) is 38.3 Å². The SMILES string of the molecule is CNC(=O)c1ccc(-n2cc3c(n2)CCN(C(=O)OC(C)(C)C)CC3)cc1. The maximum Gasteiger partial charge on any atom is 0.410 e. The topological polar surface area (TPSA) is 76.5 Å². The number of rotatable bonds is 2. The van der Waals surface area contributed by atoms with Crippen molar-refractivity contribution in [3.05, 3.63) is 47.3 Å². The first-order chi connectivity index (χ1) is 12.8. The van der Waals surface area contributed by atoms with Crippen LogP contribution in [0.15, 0.2) is 30.5 Å². The van der Waals surface area contributed by atoms with E-state index in [9.17, 15) is 9.59 Å². The number of ether oxygens (including phenoxy) is 1. The summed E-state index contributed by atoms with van der Waals surface area (Å²) in [6.07, 6.45) is 3.16. The van der Waals surface area contributed by atoms with Gasteiger partial charge < -0.3 is 15.0 Å². The molecule has 1 aliphatic rings. The molecule has 0 radical (unpaired) electrons. The van der Waals surface area contributed by atoms with E-state index in [2.05, 4.69) is 10.4 Å². The molecule has 2 heterocycles. The Morgan fingerprint density at radius 1 is 1.11 bits per heavy atom. The molecule has 0 atom stereocenters. The zero-order valence-corrected chi connectivity index (χ0v) is 16.3. The van der Waals surface area contributed by atoms with Crippen LogP contribution in [0.25, 0.3) is 5.69 Å². The number of carbonyl (C=O) groups is 2. The Hall–Kier alpha value is -2.83. The van der Waals surface area contributed by atoms with Crippen LogP contribution in [-0.2, 0) is 17.6 Å². The van der Waals surface area contributed by atoms with Crippen LogP contribution < -0.4 is 5.32 Å². The highest BCUT2D eigenvalue weighted by Gasteiger charge is 2.25. The summed E-state index contributed by atoms with van der Waals surface area (Å²) in [5.41, 5.74) is 3.16. The van der Waals surface area contributed by atoms with E-state index in [4.69, 9.17) is 4.74 Å². The van der Waals surface area contributed by atoms with Crippen molar-refractivity contribution >= 4 is 12.0 Å². The summed E-state index contributed by atoms with van der Waals surface area (Å²) in [5.74, 6) is -0.111. The van der Waals surface area contributed by atoms with Crippen LogP contribution in [-0.4, -0.2) is 52.4 Å². The van der Waals surface area contributed by atoms with E-state index in [-0.39, 0.29) is 12.0 Å². The Morgan fingerprint density at radius 3 is 2.41 bits per heavy atom. The summed E-state index contributed by atoms with van der Waals surface area (Å²) < 4.78 is 7.30. The molecule has 0 aliphatic carbocycles. The number of nitrogens with zero attached hydrogens (tertiary/aromatic N) is 3. The minimum absolute atomic E-state index is 0.111. The number of aromatic nitrogens is 2. The minimum atomic E-state index is -0.492. The van der Waals surface area contributed by atoms with Crippen molar-refractivity contribution in [1.82, 2.24) is 20.0 Å². The molecule has 0 unspecified atom stereocenters. The van der Waals surface area contributed by atoms with Gasteiger partial charge >= 0.3 is 6.09 Å². The third-order valence-electron chi connectivity index (χ3n) is 4.42. The molecule has 144 valence electrons. The van der Waals surface area contributed by atoms with Crippen molar-refractivity contribution in [2.45, 2.75) is 39.2 Å². The second-order valence-corrected chi connectivity index (χ2v) is 7.64. The molecule has 2 aromatic rings. The molecule has 1 aliphatic heterocycles. The summed E-state index contributed by atoms with van der Waals surface area (Å²) in [7, 11) is 1.61. The van der Waals surface area contributed by atoms with Crippen LogP contribution in [0.2, 0.25) is 0 Å². The van der Waals surface area contributed by atoms with Gasteiger partial charge in [-0.1, -0.05) is 0 Å². The van der Waals surface area contributed by atoms with Gasteiger partial charge in [-0.2, -0.15) is 5.10 Å². The second-order valence-electron chi connectivity index (χ2n) is 7.64. The summed E-state index contributed by atoms with van der Waals surface area (Å²) in [6.45, 7) is 6.82. The van der Waals surface area contributed by atoms with Gasteiger partial charge in [-0.25, -0.2) is 9.48 Å². The van der Waals surface area contributed by atoms with Gasteiger partial charge in [-0.3, -0.25) is 4.79 Å². The molecule has 0 spiro atoms. The Bertz CT molecular complexity index is 808. The van der Waals surface area contributed by atoms with E-state index in [1.807, 2.05) is 43.8 Å². The first-order valence-electron chi connectivity index (χ1n) is 9.15. The lowest BCUT2D eigenvalue weighted by Gasteiger charge is -2.26. The lowest BCUT2D eigenvalue weighted by atomic mass is 10.1. The monoisotopic (exact) mass is 370 g/mol. The Kier molecular flexibility index (Phi) is 5.21. The highest BCUT2D eigenvalue weighted by atomic mass is 16.6. The molecule has 1 N–H and O–H groups in total. The Labute approximate surface area is 159 Å². The van der Waals surface area contributed by atoms with E-state index in [0.717, 1.165) is 23.4 Å². The summed E-state index contributed by atoms with van der Waals surface area (Å²) in [6, 6.07) is 7.32. The van der Waals surface area contributed by atoms with E-state index < -0.39 is 5.60 Å². The van der Waals surface area contributed by atoms with Crippen molar-refractivity contribution in [3.63, 3.8) is 0 Å². The average molecular weight is 370 g/mol. The van der Waals surface area contributed by atoms with Gasteiger partial charge in [0.2, 0.25) is 0 Å². The molecule has 1 aromatic carbocycles. The van der Waals surface area contributed by atoms with Gasteiger partial charge in [0.25, 0.3) is 5.91 Å². The van der Waals surface area contributed by atoms with E-state index >= 15 is 0 Å². The van der Waals surface area contributed by atoms with Crippen LogP contribution in [0.4, 0.5) is 4.79 Å². The molecule has 0 fully saturated rings.